The zero-order valence-corrected chi connectivity index (χ0v) is 16.8. The van der Waals surface area contributed by atoms with Gasteiger partial charge in [0, 0.05) is 37.8 Å². The van der Waals surface area contributed by atoms with Crippen LogP contribution in [-0.2, 0) is 20.6 Å². The maximum Gasteiger partial charge on any atom is 0.332 e. The van der Waals surface area contributed by atoms with Gasteiger partial charge in [0.1, 0.15) is 0 Å². The SMILES string of the molecule is Cn1c(=O)c2c(nc(SCCCC#N)n2CC2=CC(Cl)=CCC2)n(C)c1=O. The summed E-state index contributed by atoms with van der Waals surface area (Å²) in [6, 6.07) is 2.13. The summed E-state index contributed by atoms with van der Waals surface area (Å²) in [5.41, 5.74) is 1.14. The van der Waals surface area contributed by atoms with Gasteiger partial charge in [-0.1, -0.05) is 29.4 Å². The van der Waals surface area contributed by atoms with E-state index in [4.69, 9.17) is 16.9 Å². The van der Waals surface area contributed by atoms with E-state index >= 15 is 0 Å². The van der Waals surface area contributed by atoms with Gasteiger partial charge in [-0.2, -0.15) is 5.26 Å². The average molecular weight is 406 g/mol. The lowest BCUT2D eigenvalue weighted by Crippen LogP contribution is -2.37. The smallest absolute Gasteiger partial charge is 0.309 e. The van der Waals surface area contributed by atoms with Crippen molar-refractivity contribution in [2.45, 2.75) is 37.4 Å². The molecule has 2 aromatic rings. The van der Waals surface area contributed by atoms with Crippen molar-refractivity contribution in [2.24, 2.45) is 14.1 Å². The monoisotopic (exact) mass is 405 g/mol. The van der Waals surface area contributed by atoms with E-state index in [2.05, 4.69) is 11.1 Å². The van der Waals surface area contributed by atoms with Crippen molar-refractivity contribution in [3.8, 4) is 6.07 Å². The molecule has 0 saturated carbocycles. The molecule has 9 heteroatoms. The molecule has 0 spiro atoms. The van der Waals surface area contributed by atoms with Gasteiger partial charge in [-0.3, -0.25) is 13.9 Å². The standard InChI is InChI=1S/C18H20ClN5O2S/c1-22-15-14(16(25)23(2)18(22)26)24(11-12-6-5-7-13(19)10-12)17(21-15)27-9-4-3-8-20/h7,10H,3-6,9,11H2,1-2H3. The van der Waals surface area contributed by atoms with E-state index in [-0.39, 0.29) is 5.56 Å². The first kappa shape index (κ1) is 19.5. The third-order valence-corrected chi connectivity index (χ3v) is 5.81. The van der Waals surface area contributed by atoms with Gasteiger partial charge in [0.25, 0.3) is 5.56 Å². The lowest BCUT2D eigenvalue weighted by atomic mass is 10.1. The highest BCUT2D eigenvalue weighted by Crippen LogP contribution is 2.27. The van der Waals surface area contributed by atoms with Gasteiger partial charge in [-0.25, -0.2) is 9.78 Å². The second kappa shape index (κ2) is 8.19. The first-order valence-electron chi connectivity index (χ1n) is 8.65. The quantitative estimate of drug-likeness (QED) is 0.544. The van der Waals surface area contributed by atoms with Crippen LogP contribution < -0.4 is 11.2 Å². The molecule has 27 heavy (non-hydrogen) atoms. The van der Waals surface area contributed by atoms with E-state index in [0.717, 1.165) is 29.4 Å². The normalized spacial score (nSPS) is 14.1. The van der Waals surface area contributed by atoms with Crippen molar-refractivity contribution < 1.29 is 0 Å². The molecule has 7 nitrogen and oxygen atoms in total. The molecule has 0 unspecified atom stereocenters. The fourth-order valence-electron chi connectivity index (χ4n) is 3.05. The van der Waals surface area contributed by atoms with E-state index in [1.165, 1.54) is 23.4 Å². The first-order valence-corrected chi connectivity index (χ1v) is 10.0. The number of nitrogens with zero attached hydrogens (tertiary/aromatic N) is 5. The third-order valence-electron chi connectivity index (χ3n) is 4.49. The maximum absolute atomic E-state index is 12.8. The van der Waals surface area contributed by atoms with Gasteiger partial charge >= 0.3 is 5.69 Å². The molecule has 0 fully saturated rings. The Morgan fingerprint density at radius 2 is 2.11 bits per heavy atom. The maximum atomic E-state index is 12.8. The van der Waals surface area contributed by atoms with Gasteiger partial charge < -0.3 is 4.57 Å². The summed E-state index contributed by atoms with van der Waals surface area (Å²) in [7, 11) is 3.09. The summed E-state index contributed by atoms with van der Waals surface area (Å²) < 4.78 is 4.37. The van der Waals surface area contributed by atoms with Crippen LogP contribution in [0.3, 0.4) is 0 Å². The molecule has 2 heterocycles. The fourth-order valence-corrected chi connectivity index (χ4v) is 4.24. The molecule has 142 valence electrons. The Morgan fingerprint density at radius 1 is 1.33 bits per heavy atom. The van der Waals surface area contributed by atoms with E-state index in [0.29, 0.717) is 40.1 Å². The summed E-state index contributed by atoms with van der Waals surface area (Å²) in [6.45, 7) is 0.495. The Bertz CT molecular complexity index is 1100. The van der Waals surface area contributed by atoms with Crippen molar-refractivity contribution in [3.63, 3.8) is 0 Å². The highest BCUT2D eigenvalue weighted by Gasteiger charge is 2.20. The predicted octanol–water partition coefficient (Wildman–Crippen LogP) is 2.67. The number of hydrogen-bond acceptors (Lipinski definition) is 5. The van der Waals surface area contributed by atoms with Crippen LogP contribution in [0, 0.1) is 11.3 Å². The molecule has 0 N–H and O–H groups in total. The second-order valence-electron chi connectivity index (χ2n) is 6.40. The van der Waals surface area contributed by atoms with Gasteiger partial charge in [0.15, 0.2) is 16.3 Å². The lowest BCUT2D eigenvalue weighted by Gasteiger charge is -2.14. The molecule has 3 rings (SSSR count). The molecule has 2 aromatic heterocycles. The highest BCUT2D eigenvalue weighted by atomic mass is 35.5. The minimum absolute atomic E-state index is 0.359. The Hall–Kier alpha value is -2.24. The third kappa shape index (κ3) is 3.89. The fraction of sp³-hybridized carbons (Fsp3) is 0.444. The second-order valence-corrected chi connectivity index (χ2v) is 7.90. The lowest BCUT2D eigenvalue weighted by molar-refractivity contribution is 0.677. The zero-order valence-electron chi connectivity index (χ0n) is 15.2. The Kier molecular flexibility index (Phi) is 5.92. The van der Waals surface area contributed by atoms with Crippen molar-refractivity contribution in [3.05, 3.63) is 43.6 Å². The predicted molar refractivity (Wildman–Crippen MR) is 107 cm³/mol. The molecule has 1 aliphatic carbocycles. The van der Waals surface area contributed by atoms with Crippen LogP contribution >= 0.6 is 23.4 Å². The Balaban J connectivity index is 2.12. The molecule has 1 aliphatic rings. The summed E-state index contributed by atoms with van der Waals surface area (Å²) in [4.78, 5) is 29.6. The minimum Gasteiger partial charge on any atom is -0.309 e. The molecule has 0 aromatic carbocycles. The van der Waals surface area contributed by atoms with Crippen LogP contribution in [0.2, 0.25) is 0 Å². The molecule has 0 bridgehead atoms. The number of nitriles is 1. The number of allylic oxidation sites excluding steroid dienone is 4. The molecule has 0 aliphatic heterocycles. The summed E-state index contributed by atoms with van der Waals surface area (Å²) in [5, 5.41) is 10.1. The van der Waals surface area contributed by atoms with Crippen LogP contribution in [0.5, 0.6) is 0 Å². The van der Waals surface area contributed by atoms with E-state index in [1.807, 2.05) is 16.7 Å². The van der Waals surface area contributed by atoms with Gasteiger partial charge in [0.2, 0.25) is 0 Å². The average Bonchev–Trinajstić information content (AvgIpc) is 3.00. The summed E-state index contributed by atoms with van der Waals surface area (Å²) >= 11 is 7.64. The zero-order chi connectivity index (χ0) is 19.6. The number of thioether (sulfide) groups is 1. The molecule has 0 radical (unpaired) electrons. The number of rotatable bonds is 6. The van der Waals surface area contributed by atoms with Gasteiger partial charge in [0.05, 0.1) is 6.07 Å². The number of imidazole rings is 1. The van der Waals surface area contributed by atoms with Crippen molar-refractivity contribution in [1.29, 1.82) is 5.26 Å². The molecule has 0 atom stereocenters. The molecule has 0 amide bonds. The Morgan fingerprint density at radius 3 is 2.81 bits per heavy atom. The number of halogens is 1. The number of hydrogen-bond donors (Lipinski definition) is 0. The molecular formula is C18H20ClN5O2S. The highest BCUT2D eigenvalue weighted by molar-refractivity contribution is 7.99. The van der Waals surface area contributed by atoms with Crippen molar-refractivity contribution >= 4 is 34.5 Å². The van der Waals surface area contributed by atoms with Crippen LogP contribution in [0.1, 0.15) is 25.7 Å². The van der Waals surface area contributed by atoms with Crippen LogP contribution in [0.25, 0.3) is 11.2 Å². The topological polar surface area (TPSA) is 85.6 Å². The van der Waals surface area contributed by atoms with Crippen molar-refractivity contribution in [1.82, 2.24) is 18.7 Å². The summed E-state index contributed by atoms with van der Waals surface area (Å²) in [6.07, 6.45) is 6.82. The summed E-state index contributed by atoms with van der Waals surface area (Å²) in [5.74, 6) is 0.713. The Labute approximate surface area is 165 Å². The van der Waals surface area contributed by atoms with Gasteiger partial charge in [-0.15, -0.1) is 0 Å². The molecular weight excluding hydrogens is 386 g/mol. The van der Waals surface area contributed by atoms with E-state index in [1.54, 1.807) is 7.05 Å². The minimum atomic E-state index is -0.402. The van der Waals surface area contributed by atoms with E-state index < -0.39 is 5.69 Å². The number of aryl methyl sites for hydroxylation is 1. The molecule has 0 saturated heterocycles. The van der Waals surface area contributed by atoms with Gasteiger partial charge in [-0.05, 0) is 30.9 Å². The van der Waals surface area contributed by atoms with E-state index in [9.17, 15) is 9.59 Å². The van der Waals surface area contributed by atoms with Crippen LogP contribution in [-0.4, -0.2) is 24.4 Å². The van der Waals surface area contributed by atoms with Crippen molar-refractivity contribution in [2.75, 3.05) is 5.75 Å². The van der Waals surface area contributed by atoms with Crippen LogP contribution in [0.4, 0.5) is 0 Å². The van der Waals surface area contributed by atoms with Crippen LogP contribution in [0.15, 0.2) is 37.5 Å². The number of aromatic nitrogens is 4. The first-order chi connectivity index (χ1) is 12.9. The number of fused-ring (bicyclic) bond motifs is 1. The number of unbranched alkanes of at least 4 members (excludes halogenated alkanes) is 1. The largest absolute Gasteiger partial charge is 0.332 e.